The Labute approximate surface area is 160 Å². The van der Waals surface area contributed by atoms with E-state index in [1.165, 1.54) is 0 Å². The second-order valence-electron chi connectivity index (χ2n) is 6.87. The van der Waals surface area contributed by atoms with Gasteiger partial charge in [-0.15, -0.1) is 0 Å². The summed E-state index contributed by atoms with van der Waals surface area (Å²) in [6.07, 6.45) is 1.23. The van der Waals surface area contributed by atoms with Crippen molar-refractivity contribution in [2.45, 2.75) is 31.0 Å². The highest BCUT2D eigenvalue weighted by Crippen LogP contribution is 2.39. The Hall–Kier alpha value is -2.20. The van der Waals surface area contributed by atoms with Gasteiger partial charge >= 0.3 is 12.1 Å². The van der Waals surface area contributed by atoms with Crippen LogP contribution in [0.15, 0.2) is 24.5 Å². The molecule has 7 nitrogen and oxygen atoms in total. The zero-order chi connectivity index (χ0) is 20.8. The Kier molecular flexibility index (Phi) is 7.36. The van der Waals surface area contributed by atoms with Crippen molar-refractivity contribution >= 4 is 11.9 Å². The molecule has 0 bridgehead atoms. The number of rotatable bonds is 4. The topological polar surface area (TPSA) is 89.0 Å². The smallest absolute Gasteiger partial charge is 0.475 e. The van der Waals surface area contributed by atoms with Gasteiger partial charge in [-0.25, -0.2) is 4.79 Å². The van der Waals surface area contributed by atoms with E-state index >= 15 is 0 Å². The Morgan fingerprint density at radius 1 is 1.46 bits per heavy atom. The second-order valence-corrected chi connectivity index (χ2v) is 6.87. The number of aromatic nitrogens is 1. The van der Waals surface area contributed by atoms with Gasteiger partial charge in [-0.05, 0) is 37.3 Å². The molecule has 3 heterocycles. The Balaban J connectivity index is 0.000000345. The number of carboxylic acid groups (broad SMARTS) is 1. The number of carbonyl (C=O) groups is 2. The number of likely N-dealkylation sites (tertiary alicyclic amines) is 1. The number of amides is 1. The molecule has 0 aliphatic carbocycles. The molecule has 1 aromatic rings. The third kappa shape index (κ3) is 5.90. The molecule has 1 aromatic heterocycles. The summed E-state index contributed by atoms with van der Waals surface area (Å²) in [5.41, 5.74) is 0.527. The van der Waals surface area contributed by atoms with Crippen LogP contribution in [0.4, 0.5) is 13.2 Å². The summed E-state index contributed by atoms with van der Waals surface area (Å²) >= 11 is 0. The molecule has 156 valence electrons. The number of hydrogen-bond acceptors (Lipinski definition) is 5. The molecule has 2 unspecified atom stereocenters. The van der Waals surface area contributed by atoms with Crippen LogP contribution < -0.4 is 0 Å². The molecule has 28 heavy (non-hydrogen) atoms. The minimum absolute atomic E-state index is 0.0592. The number of pyridine rings is 1. The van der Waals surface area contributed by atoms with E-state index in [0.29, 0.717) is 18.0 Å². The fraction of sp³-hybridized carbons (Fsp3) is 0.611. The monoisotopic (exact) mass is 404 g/mol. The van der Waals surface area contributed by atoms with Gasteiger partial charge in [0.25, 0.3) is 5.91 Å². The van der Waals surface area contributed by atoms with Crippen LogP contribution in [0, 0.1) is 5.92 Å². The summed E-state index contributed by atoms with van der Waals surface area (Å²) in [4.78, 5) is 27.3. The van der Waals surface area contributed by atoms with E-state index in [1.807, 2.05) is 11.0 Å². The maximum Gasteiger partial charge on any atom is 0.490 e. The molecule has 1 N–H and O–H groups in total. The molecule has 1 amide bonds. The lowest BCUT2D eigenvalue weighted by Gasteiger charge is -2.23. The summed E-state index contributed by atoms with van der Waals surface area (Å²) in [5.74, 6) is -2.14. The van der Waals surface area contributed by atoms with Crippen LogP contribution in [0.25, 0.3) is 0 Å². The molecule has 0 aromatic carbocycles. The molecule has 2 fully saturated rings. The average Bonchev–Trinajstić information content (AvgIpc) is 3.26. The number of nitrogens with zero attached hydrogens (tertiary/aromatic N) is 2. The third-order valence-electron chi connectivity index (χ3n) is 4.77. The van der Waals surface area contributed by atoms with Gasteiger partial charge in [-0.3, -0.25) is 9.78 Å². The van der Waals surface area contributed by atoms with Gasteiger partial charge in [-0.2, -0.15) is 13.2 Å². The normalized spacial score (nSPS) is 24.1. The van der Waals surface area contributed by atoms with Crippen LogP contribution in [0.5, 0.6) is 0 Å². The number of ether oxygens (including phenoxy) is 2. The Bertz CT molecular complexity index is 671. The summed E-state index contributed by atoms with van der Waals surface area (Å²) in [6, 6.07) is 3.61. The first kappa shape index (κ1) is 22.1. The molecular formula is C18H23F3N2O5. The highest BCUT2D eigenvalue weighted by molar-refractivity contribution is 5.94. The van der Waals surface area contributed by atoms with Crippen LogP contribution in [-0.4, -0.2) is 72.1 Å². The van der Waals surface area contributed by atoms with Crippen LogP contribution in [0.1, 0.15) is 29.6 Å². The Morgan fingerprint density at radius 3 is 2.75 bits per heavy atom. The molecular weight excluding hydrogens is 381 g/mol. The second kappa shape index (κ2) is 9.33. The molecule has 2 aliphatic heterocycles. The van der Waals surface area contributed by atoms with Crippen molar-refractivity contribution in [2.24, 2.45) is 5.92 Å². The predicted molar refractivity (Wildman–Crippen MR) is 91.7 cm³/mol. The standard InChI is InChI=1S/C16H22N2O3.C2HF3O2/c1-20-8-4-13-9-16(21-11-13)5-7-18(12-16)15(19)14-3-2-6-17-10-14;3-2(4,5)1(6)7/h2-3,6,10,13H,4-5,7-9,11-12H2,1H3;(H,6,7). The third-order valence-corrected chi connectivity index (χ3v) is 4.77. The summed E-state index contributed by atoms with van der Waals surface area (Å²) < 4.78 is 42.9. The zero-order valence-corrected chi connectivity index (χ0v) is 15.4. The molecule has 0 saturated carbocycles. The lowest BCUT2D eigenvalue weighted by molar-refractivity contribution is -0.192. The van der Waals surface area contributed by atoms with E-state index in [9.17, 15) is 18.0 Å². The zero-order valence-electron chi connectivity index (χ0n) is 15.4. The van der Waals surface area contributed by atoms with Crippen LogP contribution in [-0.2, 0) is 14.3 Å². The average molecular weight is 404 g/mol. The summed E-state index contributed by atoms with van der Waals surface area (Å²) in [6.45, 7) is 3.04. The maximum atomic E-state index is 12.5. The van der Waals surface area contributed by atoms with Crippen molar-refractivity contribution in [3.05, 3.63) is 30.1 Å². The van der Waals surface area contributed by atoms with Crippen molar-refractivity contribution in [3.63, 3.8) is 0 Å². The molecule has 1 spiro atoms. The highest BCUT2D eigenvalue weighted by atomic mass is 19.4. The van der Waals surface area contributed by atoms with Crippen LogP contribution >= 0.6 is 0 Å². The van der Waals surface area contributed by atoms with Crippen LogP contribution in [0.2, 0.25) is 0 Å². The van der Waals surface area contributed by atoms with E-state index in [4.69, 9.17) is 19.4 Å². The number of halogens is 3. The maximum absolute atomic E-state index is 12.5. The van der Waals surface area contributed by atoms with Gasteiger partial charge in [0.2, 0.25) is 0 Å². The van der Waals surface area contributed by atoms with E-state index in [-0.39, 0.29) is 11.5 Å². The van der Waals surface area contributed by atoms with Gasteiger partial charge in [0.1, 0.15) is 0 Å². The van der Waals surface area contributed by atoms with E-state index < -0.39 is 12.1 Å². The molecule has 2 aliphatic rings. The summed E-state index contributed by atoms with van der Waals surface area (Å²) in [7, 11) is 1.73. The number of alkyl halides is 3. The fourth-order valence-electron chi connectivity index (χ4n) is 3.38. The minimum atomic E-state index is -5.08. The predicted octanol–water partition coefficient (Wildman–Crippen LogP) is 2.37. The fourth-order valence-corrected chi connectivity index (χ4v) is 3.38. The molecule has 0 radical (unpaired) electrons. The Morgan fingerprint density at radius 2 is 2.18 bits per heavy atom. The highest BCUT2D eigenvalue weighted by Gasteiger charge is 2.46. The molecule has 2 atom stereocenters. The lowest BCUT2D eigenvalue weighted by Crippen LogP contribution is -2.35. The molecule has 10 heteroatoms. The number of carbonyl (C=O) groups excluding carboxylic acids is 1. The number of carboxylic acids is 1. The largest absolute Gasteiger partial charge is 0.490 e. The van der Waals surface area contributed by atoms with Gasteiger partial charge in [0, 0.05) is 32.7 Å². The van der Waals surface area contributed by atoms with Gasteiger partial charge in [0.15, 0.2) is 0 Å². The number of aliphatic carboxylic acids is 1. The first-order valence-corrected chi connectivity index (χ1v) is 8.79. The van der Waals surface area contributed by atoms with Crippen molar-refractivity contribution < 1.29 is 37.3 Å². The first-order chi connectivity index (χ1) is 13.2. The SMILES string of the molecule is COCCC1COC2(CCN(C(=O)c3cccnc3)C2)C1.O=C(O)C(F)(F)F. The molecule has 3 rings (SSSR count). The van der Waals surface area contributed by atoms with Gasteiger partial charge in [-0.1, -0.05) is 0 Å². The van der Waals surface area contributed by atoms with Gasteiger partial charge < -0.3 is 19.5 Å². The van der Waals surface area contributed by atoms with Crippen molar-refractivity contribution in [1.82, 2.24) is 9.88 Å². The van der Waals surface area contributed by atoms with Crippen molar-refractivity contribution in [1.29, 1.82) is 0 Å². The lowest BCUT2D eigenvalue weighted by atomic mass is 9.92. The number of methoxy groups -OCH3 is 1. The van der Waals surface area contributed by atoms with E-state index in [1.54, 1.807) is 25.6 Å². The number of hydrogen-bond donors (Lipinski definition) is 1. The van der Waals surface area contributed by atoms with Crippen LogP contribution in [0.3, 0.4) is 0 Å². The minimum Gasteiger partial charge on any atom is -0.475 e. The van der Waals surface area contributed by atoms with Crippen molar-refractivity contribution in [2.75, 3.05) is 33.4 Å². The first-order valence-electron chi connectivity index (χ1n) is 8.79. The van der Waals surface area contributed by atoms with E-state index in [2.05, 4.69) is 4.98 Å². The summed E-state index contributed by atoms with van der Waals surface area (Å²) in [5, 5.41) is 7.12. The molecule has 2 saturated heterocycles. The quantitative estimate of drug-likeness (QED) is 0.829. The van der Waals surface area contributed by atoms with E-state index in [0.717, 1.165) is 39.0 Å². The van der Waals surface area contributed by atoms with Gasteiger partial charge in [0.05, 0.1) is 24.3 Å². The van der Waals surface area contributed by atoms with Crippen molar-refractivity contribution in [3.8, 4) is 0 Å².